The van der Waals surface area contributed by atoms with Crippen molar-refractivity contribution in [3.05, 3.63) is 12.2 Å². The molecule has 0 saturated heterocycles. The standard InChI is InChI=1S/C9H15NO/c1-8(2)6-5-7(11)9(3,4)10-8/h5-6,10H,1-4H3. The van der Waals surface area contributed by atoms with Crippen molar-refractivity contribution < 1.29 is 4.79 Å². The molecule has 0 aromatic heterocycles. The van der Waals surface area contributed by atoms with Gasteiger partial charge in [-0.3, -0.25) is 10.1 Å². The highest BCUT2D eigenvalue weighted by molar-refractivity contribution is 5.98. The number of ketones is 1. The molecule has 62 valence electrons. The third kappa shape index (κ3) is 1.69. The Labute approximate surface area is 67.7 Å². The Kier molecular flexibility index (Phi) is 1.67. The van der Waals surface area contributed by atoms with E-state index in [1.54, 1.807) is 6.08 Å². The molecule has 11 heavy (non-hydrogen) atoms. The topological polar surface area (TPSA) is 29.1 Å². The smallest absolute Gasteiger partial charge is 0.174 e. The normalized spacial score (nSPS) is 27.1. The quantitative estimate of drug-likeness (QED) is 0.568. The molecule has 0 radical (unpaired) electrons. The number of nitrogens with one attached hydrogen (secondary N) is 1. The highest BCUT2D eigenvalue weighted by Gasteiger charge is 2.34. The molecule has 1 rings (SSSR count). The minimum Gasteiger partial charge on any atom is -0.297 e. The second kappa shape index (κ2) is 2.18. The molecule has 1 aliphatic rings. The SMILES string of the molecule is CC1(C)C=CC(=O)C(C)(C)N1. The Balaban J connectivity index is 2.94. The molecule has 0 aromatic rings. The summed E-state index contributed by atoms with van der Waals surface area (Å²) < 4.78 is 0. The van der Waals surface area contributed by atoms with E-state index in [2.05, 4.69) is 19.2 Å². The minimum atomic E-state index is -0.405. The monoisotopic (exact) mass is 153 g/mol. The molecule has 0 aromatic carbocycles. The van der Waals surface area contributed by atoms with Crippen molar-refractivity contribution in [1.82, 2.24) is 5.32 Å². The van der Waals surface area contributed by atoms with Gasteiger partial charge in [0.2, 0.25) is 0 Å². The molecule has 1 N–H and O–H groups in total. The second-order valence-electron chi connectivity index (χ2n) is 4.17. The van der Waals surface area contributed by atoms with E-state index in [4.69, 9.17) is 0 Å². The number of hydrogen-bond donors (Lipinski definition) is 1. The number of hydrogen-bond acceptors (Lipinski definition) is 2. The highest BCUT2D eigenvalue weighted by Crippen LogP contribution is 2.18. The van der Waals surface area contributed by atoms with Gasteiger partial charge in [-0.25, -0.2) is 0 Å². The van der Waals surface area contributed by atoms with Gasteiger partial charge in [0.1, 0.15) is 0 Å². The highest BCUT2D eigenvalue weighted by atomic mass is 16.1. The maximum Gasteiger partial charge on any atom is 0.174 e. The molecule has 0 saturated carbocycles. The largest absolute Gasteiger partial charge is 0.297 e. The fourth-order valence-electron chi connectivity index (χ4n) is 1.40. The van der Waals surface area contributed by atoms with Crippen LogP contribution in [0.15, 0.2) is 12.2 Å². The van der Waals surface area contributed by atoms with Crippen molar-refractivity contribution in [2.75, 3.05) is 0 Å². The predicted octanol–water partition coefficient (Wildman–Crippen LogP) is 1.27. The summed E-state index contributed by atoms with van der Waals surface area (Å²) >= 11 is 0. The van der Waals surface area contributed by atoms with E-state index in [0.717, 1.165) is 0 Å². The Hall–Kier alpha value is -0.630. The van der Waals surface area contributed by atoms with Gasteiger partial charge in [0, 0.05) is 5.54 Å². The van der Waals surface area contributed by atoms with Crippen LogP contribution in [-0.4, -0.2) is 16.9 Å². The lowest BCUT2D eigenvalue weighted by Crippen LogP contribution is -2.57. The molecular weight excluding hydrogens is 138 g/mol. The van der Waals surface area contributed by atoms with Crippen molar-refractivity contribution in [3.8, 4) is 0 Å². The number of carbonyl (C=O) groups excluding carboxylic acids is 1. The van der Waals surface area contributed by atoms with E-state index >= 15 is 0 Å². The minimum absolute atomic E-state index is 0.0581. The molecule has 1 aliphatic heterocycles. The molecule has 0 spiro atoms. The molecule has 2 heteroatoms. The van der Waals surface area contributed by atoms with Crippen LogP contribution in [0.25, 0.3) is 0 Å². The molecule has 1 heterocycles. The summed E-state index contributed by atoms with van der Waals surface area (Å²) in [5, 5.41) is 3.25. The molecule has 2 nitrogen and oxygen atoms in total. The first-order valence-electron chi connectivity index (χ1n) is 3.86. The Morgan fingerprint density at radius 2 is 1.82 bits per heavy atom. The zero-order valence-corrected chi connectivity index (χ0v) is 7.56. The van der Waals surface area contributed by atoms with Crippen LogP contribution in [0.5, 0.6) is 0 Å². The lowest BCUT2D eigenvalue weighted by Gasteiger charge is -2.37. The van der Waals surface area contributed by atoms with E-state index in [-0.39, 0.29) is 11.3 Å². The molecular formula is C9H15NO. The van der Waals surface area contributed by atoms with Gasteiger partial charge in [-0.05, 0) is 33.8 Å². The van der Waals surface area contributed by atoms with Crippen LogP contribution in [-0.2, 0) is 4.79 Å². The Morgan fingerprint density at radius 3 is 2.18 bits per heavy atom. The van der Waals surface area contributed by atoms with Crippen LogP contribution in [0.3, 0.4) is 0 Å². The predicted molar refractivity (Wildman–Crippen MR) is 45.4 cm³/mol. The van der Waals surface area contributed by atoms with E-state index < -0.39 is 5.54 Å². The lowest BCUT2D eigenvalue weighted by molar-refractivity contribution is -0.120. The molecule has 0 atom stereocenters. The van der Waals surface area contributed by atoms with E-state index in [1.165, 1.54) is 0 Å². The zero-order valence-electron chi connectivity index (χ0n) is 7.56. The average molecular weight is 153 g/mol. The summed E-state index contributed by atoms with van der Waals surface area (Å²) in [6.07, 6.45) is 3.57. The van der Waals surface area contributed by atoms with Gasteiger partial charge in [0.15, 0.2) is 5.78 Å². The van der Waals surface area contributed by atoms with Gasteiger partial charge in [-0.1, -0.05) is 6.08 Å². The van der Waals surface area contributed by atoms with Gasteiger partial charge in [-0.2, -0.15) is 0 Å². The van der Waals surface area contributed by atoms with Crippen LogP contribution in [0, 0.1) is 0 Å². The fraction of sp³-hybridized carbons (Fsp3) is 0.667. The van der Waals surface area contributed by atoms with Gasteiger partial charge in [-0.15, -0.1) is 0 Å². The summed E-state index contributed by atoms with van der Waals surface area (Å²) in [6.45, 7) is 7.91. The third-order valence-electron chi connectivity index (χ3n) is 1.90. The number of carbonyl (C=O) groups is 1. The molecule has 0 amide bonds. The van der Waals surface area contributed by atoms with E-state index in [0.29, 0.717) is 0 Å². The van der Waals surface area contributed by atoms with Crippen LogP contribution < -0.4 is 5.32 Å². The first-order valence-corrected chi connectivity index (χ1v) is 3.86. The second-order valence-corrected chi connectivity index (χ2v) is 4.17. The summed E-state index contributed by atoms with van der Waals surface area (Å²) in [7, 11) is 0. The van der Waals surface area contributed by atoms with Gasteiger partial charge in [0.25, 0.3) is 0 Å². The fourth-order valence-corrected chi connectivity index (χ4v) is 1.40. The Bertz CT molecular complexity index is 214. The average Bonchev–Trinajstić information content (AvgIpc) is 1.77. The van der Waals surface area contributed by atoms with Crippen molar-refractivity contribution in [2.24, 2.45) is 0 Å². The molecule has 0 bridgehead atoms. The first kappa shape index (κ1) is 8.47. The van der Waals surface area contributed by atoms with Crippen molar-refractivity contribution >= 4 is 5.78 Å². The van der Waals surface area contributed by atoms with Crippen LogP contribution in [0.4, 0.5) is 0 Å². The third-order valence-corrected chi connectivity index (χ3v) is 1.90. The number of rotatable bonds is 0. The van der Waals surface area contributed by atoms with E-state index in [9.17, 15) is 4.79 Å². The van der Waals surface area contributed by atoms with E-state index in [1.807, 2.05) is 19.9 Å². The van der Waals surface area contributed by atoms with Crippen molar-refractivity contribution in [3.63, 3.8) is 0 Å². The first-order chi connectivity index (χ1) is 4.83. The lowest BCUT2D eigenvalue weighted by atomic mass is 9.88. The Morgan fingerprint density at radius 1 is 1.27 bits per heavy atom. The van der Waals surface area contributed by atoms with Gasteiger partial charge in [0.05, 0.1) is 5.54 Å². The van der Waals surface area contributed by atoms with Crippen LogP contribution in [0.1, 0.15) is 27.7 Å². The zero-order chi connectivity index (χ0) is 8.70. The van der Waals surface area contributed by atoms with Crippen molar-refractivity contribution in [2.45, 2.75) is 38.8 Å². The molecule has 0 aliphatic carbocycles. The molecule has 0 unspecified atom stereocenters. The van der Waals surface area contributed by atoms with Crippen LogP contribution >= 0.6 is 0 Å². The van der Waals surface area contributed by atoms with Gasteiger partial charge >= 0.3 is 0 Å². The maximum absolute atomic E-state index is 11.3. The summed E-state index contributed by atoms with van der Waals surface area (Å²) in [6, 6.07) is 0. The van der Waals surface area contributed by atoms with Gasteiger partial charge < -0.3 is 0 Å². The maximum atomic E-state index is 11.3. The summed E-state index contributed by atoms with van der Waals surface area (Å²) in [5.74, 6) is 0.150. The summed E-state index contributed by atoms with van der Waals surface area (Å²) in [5.41, 5.74) is -0.463. The van der Waals surface area contributed by atoms with Crippen LogP contribution in [0.2, 0.25) is 0 Å². The summed E-state index contributed by atoms with van der Waals surface area (Å²) in [4.78, 5) is 11.3. The molecule has 0 fully saturated rings. The van der Waals surface area contributed by atoms with Crippen molar-refractivity contribution in [1.29, 1.82) is 0 Å².